The zero-order chi connectivity index (χ0) is 61.7. The molecule has 12 heteroatoms. The molecule has 0 bridgehead atoms. The first kappa shape index (κ1) is 77.1. The third-order valence-electron chi connectivity index (χ3n) is 13.3. The molecule has 0 aromatic heterocycles. The van der Waals surface area contributed by atoms with Gasteiger partial charge in [0.05, 0.1) is 6.61 Å². The van der Waals surface area contributed by atoms with Gasteiger partial charge in [0, 0.05) is 19.3 Å². The fraction of sp³-hybridized carbons (Fsp3) is 0.562. The summed E-state index contributed by atoms with van der Waals surface area (Å²) in [6, 6.07) is 0. The summed E-state index contributed by atoms with van der Waals surface area (Å²) in [5.74, 6) is -3.31. The number of carbonyl (C=O) groups is 4. The minimum atomic E-state index is -1.95. The van der Waals surface area contributed by atoms with Crippen LogP contribution in [0.3, 0.4) is 0 Å². The summed E-state index contributed by atoms with van der Waals surface area (Å²) in [5.41, 5.74) is 0. The van der Waals surface area contributed by atoms with Gasteiger partial charge in [0.25, 0.3) is 0 Å². The standard InChI is InChI=1S/C73H110O12/c1-4-7-10-13-16-19-22-25-28-31-33-36-38-41-44-47-50-53-56-59-65(74)81-62-64(83-66(75)60-57-54-51-48-45-42-39-35-30-27-24-21-18-15-12-9-6-3)63-82-73-71(69(78)68(77)70(85-73)72(79)80)84-67(76)61-58-55-52-49-46-43-40-37-34-32-29-26-23-20-17-14-11-8-5-2/h7-12,16-21,25-30,33-34,36-37,39,42-43,46,52,55,64,68-71,73,77-78H,4-6,13-15,22-24,31-32,35,38,40-41,44-45,47-51,53-54,56-63H2,1-3H3,(H,79,80)/b10-7-,11-8-,12-9-,19-16-,20-17-,21-18-,28-25-,29-26-,30-27-,36-33-,37-34-,42-39-,46-43-,55-52-. The first-order chi connectivity index (χ1) is 41.6. The van der Waals surface area contributed by atoms with Crippen LogP contribution in [0.4, 0.5) is 0 Å². The van der Waals surface area contributed by atoms with Crippen LogP contribution in [0, 0.1) is 0 Å². The monoisotopic (exact) mass is 1180 g/mol. The molecule has 0 amide bonds. The molecule has 0 radical (unpaired) electrons. The van der Waals surface area contributed by atoms with Gasteiger partial charge in [-0.3, -0.25) is 14.4 Å². The predicted molar refractivity (Wildman–Crippen MR) is 348 cm³/mol. The minimum Gasteiger partial charge on any atom is -0.479 e. The van der Waals surface area contributed by atoms with Crippen molar-refractivity contribution in [3.05, 3.63) is 170 Å². The lowest BCUT2D eigenvalue weighted by atomic mass is 9.98. The van der Waals surface area contributed by atoms with E-state index in [-0.39, 0.29) is 25.9 Å². The highest BCUT2D eigenvalue weighted by Gasteiger charge is 2.50. The Hall–Kier alpha value is -5.92. The Balaban J connectivity index is 2.75. The molecule has 3 N–H and O–H groups in total. The molecule has 1 rings (SSSR count). The van der Waals surface area contributed by atoms with Crippen molar-refractivity contribution in [1.82, 2.24) is 0 Å². The molecule has 0 aliphatic carbocycles. The quantitative estimate of drug-likeness (QED) is 0.0228. The zero-order valence-electron chi connectivity index (χ0n) is 52.3. The number of carboxylic acids is 1. The Morgan fingerprint density at radius 3 is 1.12 bits per heavy atom. The highest BCUT2D eigenvalue weighted by Crippen LogP contribution is 2.26. The number of ether oxygens (including phenoxy) is 5. The van der Waals surface area contributed by atoms with Crippen molar-refractivity contribution >= 4 is 23.9 Å². The number of rotatable bonds is 52. The number of hydrogen-bond acceptors (Lipinski definition) is 11. The molecule has 6 unspecified atom stereocenters. The van der Waals surface area contributed by atoms with Gasteiger partial charge >= 0.3 is 23.9 Å². The van der Waals surface area contributed by atoms with Crippen molar-refractivity contribution in [1.29, 1.82) is 0 Å². The van der Waals surface area contributed by atoms with Crippen molar-refractivity contribution in [2.45, 2.75) is 250 Å². The van der Waals surface area contributed by atoms with Gasteiger partial charge in [0.1, 0.15) is 18.8 Å². The Kier molecular flexibility index (Phi) is 53.0. The SMILES string of the molecule is CC/C=C\C/C=C\C/C=C\C/C=C\C/C=C\C/C=C\CCC(=O)OC1C(OCC(COC(=O)CCCCCCCC/C=C\C/C=C\C/C=C\C/C=C\CC)OC(=O)CCCCCC/C=C\C/C=C\C/C=C\C/C=C\CC)OC(C(=O)O)C(O)C1O. The lowest BCUT2D eigenvalue weighted by molar-refractivity contribution is -0.301. The topological polar surface area (TPSA) is 175 Å². The van der Waals surface area contributed by atoms with Gasteiger partial charge in [-0.15, -0.1) is 0 Å². The molecular formula is C73H110O12. The van der Waals surface area contributed by atoms with E-state index >= 15 is 0 Å². The molecule has 1 aliphatic rings. The highest BCUT2D eigenvalue weighted by atomic mass is 16.7. The lowest BCUT2D eigenvalue weighted by Gasteiger charge is -2.40. The highest BCUT2D eigenvalue weighted by molar-refractivity contribution is 5.74. The largest absolute Gasteiger partial charge is 0.479 e. The summed E-state index contributed by atoms with van der Waals surface area (Å²) in [7, 11) is 0. The predicted octanol–water partition coefficient (Wildman–Crippen LogP) is 17.5. The van der Waals surface area contributed by atoms with Crippen LogP contribution in [0.25, 0.3) is 0 Å². The van der Waals surface area contributed by atoms with Crippen LogP contribution in [0.15, 0.2) is 170 Å². The second-order valence-corrected chi connectivity index (χ2v) is 20.9. The average Bonchev–Trinajstić information content (AvgIpc) is 2.79. The van der Waals surface area contributed by atoms with Gasteiger partial charge in [-0.2, -0.15) is 0 Å². The number of unbranched alkanes of at least 4 members (excludes halogenated alkanes) is 10. The molecule has 1 heterocycles. The zero-order valence-corrected chi connectivity index (χ0v) is 52.3. The first-order valence-electron chi connectivity index (χ1n) is 32.1. The lowest BCUT2D eigenvalue weighted by Crippen LogP contribution is -2.61. The molecule has 0 spiro atoms. The summed E-state index contributed by atoms with van der Waals surface area (Å²) in [4.78, 5) is 51.3. The number of hydrogen-bond donors (Lipinski definition) is 3. The Bertz CT molecular complexity index is 2130. The van der Waals surface area contributed by atoms with Crippen LogP contribution in [0.2, 0.25) is 0 Å². The van der Waals surface area contributed by atoms with E-state index in [2.05, 4.69) is 173 Å². The summed E-state index contributed by atoms with van der Waals surface area (Å²) in [5, 5.41) is 31.6. The molecule has 1 aliphatic heterocycles. The van der Waals surface area contributed by atoms with Crippen molar-refractivity contribution in [3.8, 4) is 0 Å². The van der Waals surface area contributed by atoms with Crippen LogP contribution >= 0.6 is 0 Å². The molecule has 0 aromatic carbocycles. The van der Waals surface area contributed by atoms with Crippen LogP contribution in [-0.4, -0.2) is 89.2 Å². The van der Waals surface area contributed by atoms with E-state index in [1.807, 2.05) is 18.2 Å². The van der Waals surface area contributed by atoms with Crippen LogP contribution in [-0.2, 0) is 42.9 Å². The summed E-state index contributed by atoms with van der Waals surface area (Å²) >= 11 is 0. The van der Waals surface area contributed by atoms with Crippen molar-refractivity contribution < 1.29 is 58.2 Å². The Labute approximate surface area is 513 Å². The van der Waals surface area contributed by atoms with E-state index in [4.69, 9.17) is 23.7 Å². The van der Waals surface area contributed by atoms with Crippen molar-refractivity contribution in [3.63, 3.8) is 0 Å². The average molecular weight is 1180 g/mol. The molecular weight excluding hydrogens is 1070 g/mol. The molecule has 85 heavy (non-hydrogen) atoms. The van der Waals surface area contributed by atoms with Crippen LogP contribution in [0.5, 0.6) is 0 Å². The fourth-order valence-electron chi connectivity index (χ4n) is 8.49. The number of aliphatic hydroxyl groups is 2. The number of aliphatic carboxylic acids is 1. The van der Waals surface area contributed by atoms with E-state index in [1.165, 1.54) is 0 Å². The van der Waals surface area contributed by atoms with Gasteiger partial charge in [-0.1, -0.05) is 229 Å². The van der Waals surface area contributed by atoms with Gasteiger partial charge in [-0.25, -0.2) is 4.79 Å². The number of carboxylic acid groups (broad SMARTS) is 1. The van der Waals surface area contributed by atoms with E-state index in [9.17, 15) is 34.5 Å². The molecule has 1 fully saturated rings. The van der Waals surface area contributed by atoms with Gasteiger partial charge in [0.15, 0.2) is 24.6 Å². The summed E-state index contributed by atoms with van der Waals surface area (Å²) in [6.45, 7) is 5.58. The van der Waals surface area contributed by atoms with E-state index < -0.39 is 67.3 Å². The number of carbonyl (C=O) groups excluding carboxylic acids is 3. The van der Waals surface area contributed by atoms with Crippen molar-refractivity contribution in [2.24, 2.45) is 0 Å². The number of aliphatic hydroxyl groups excluding tert-OH is 2. The third kappa shape index (κ3) is 48.0. The smallest absolute Gasteiger partial charge is 0.335 e. The number of allylic oxidation sites excluding steroid dienone is 28. The summed E-state index contributed by atoms with van der Waals surface area (Å²) < 4.78 is 28.4. The maximum absolute atomic E-state index is 13.2. The third-order valence-corrected chi connectivity index (χ3v) is 13.3. The van der Waals surface area contributed by atoms with E-state index in [1.54, 1.807) is 0 Å². The van der Waals surface area contributed by atoms with E-state index in [0.29, 0.717) is 25.7 Å². The Morgan fingerprint density at radius 2 is 0.729 bits per heavy atom. The normalized spacial score (nSPS) is 18.6. The van der Waals surface area contributed by atoms with Gasteiger partial charge in [-0.05, 0) is 135 Å². The molecule has 12 nitrogen and oxygen atoms in total. The number of esters is 3. The Morgan fingerprint density at radius 1 is 0.388 bits per heavy atom. The maximum Gasteiger partial charge on any atom is 0.335 e. The molecule has 0 saturated carbocycles. The summed E-state index contributed by atoms with van der Waals surface area (Å²) in [6.07, 6.45) is 74.6. The fourth-order valence-corrected chi connectivity index (χ4v) is 8.49. The van der Waals surface area contributed by atoms with Gasteiger partial charge < -0.3 is 39.0 Å². The molecule has 474 valence electrons. The second-order valence-electron chi connectivity index (χ2n) is 20.9. The minimum absolute atomic E-state index is 0.0795. The first-order valence-corrected chi connectivity index (χ1v) is 32.1. The van der Waals surface area contributed by atoms with Gasteiger partial charge in [0.2, 0.25) is 0 Å². The molecule has 0 aromatic rings. The maximum atomic E-state index is 13.2. The molecule has 1 saturated heterocycles. The van der Waals surface area contributed by atoms with E-state index in [0.717, 1.165) is 148 Å². The van der Waals surface area contributed by atoms with Crippen molar-refractivity contribution in [2.75, 3.05) is 13.2 Å². The molecule has 6 atom stereocenters. The second kappa shape index (κ2) is 58.5. The van der Waals surface area contributed by atoms with Crippen LogP contribution < -0.4 is 0 Å². The van der Waals surface area contributed by atoms with Crippen LogP contribution in [0.1, 0.15) is 213 Å².